The van der Waals surface area contributed by atoms with Crippen LogP contribution in [0.2, 0.25) is 0 Å². The van der Waals surface area contributed by atoms with Crippen LogP contribution in [0.4, 0.5) is 0 Å². The second kappa shape index (κ2) is 11.3. The Labute approximate surface area is 291 Å². The van der Waals surface area contributed by atoms with Gasteiger partial charge in [0.2, 0.25) is 0 Å². The Hall–Kier alpha value is -6.44. The predicted octanol–water partition coefficient (Wildman–Crippen LogP) is 13.0. The molecule has 0 radical (unpaired) electrons. The number of furan rings is 1. The molecule has 0 bridgehead atoms. The maximum Gasteiger partial charge on any atom is 0.143 e. The minimum absolute atomic E-state index is 0.455. The first-order chi connectivity index (χ1) is 24.8. The van der Waals surface area contributed by atoms with Crippen molar-refractivity contribution in [3.05, 3.63) is 216 Å². The Morgan fingerprint density at radius 3 is 1.38 bits per heavy atom. The number of hydrogen-bond acceptors (Lipinski definition) is 1. The van der Waals surface area contributed by atoms with Crippen LogP contribution in [0.15, 0.2) is 199 Å². The summed E-state index contributed by atoms with van der Waals surface area (Å²) in [5.74, 6) is 0. The van der Waals surface area contributed by atoms with Crippen LogP contribution in [-0.4, -0.2) is 0 Å². The predicted molar refractivity (Wildman–Crippen MR) is 207 cm³/mol. The lowest BCUT2D eigenvalue weighted by molar-refractivity contribution is 0.671. The first kappa shape index (κ1) is 28.6. The lowest BCUT2D eigenvalue weighted by Gasteiger charge is -2.34. The third-order valence-electron chi connectivity index (χ3n) is 10.6. The zero-order valence-electron chi connectivity index (χ0n) is 27.4. The van der Waals surface area contributed by atoms with E-state index in [1.807, 2.05) is 0 Å². The van der Waals surface area contributed by atoms with E-state index in [9.17, 15) is 0 Å². The van der Waals surface area contributed by atoms with Crippen LogP contribution in [-0.2, 0) is 5.41 Å². The third kappa shape index (κ3) is 4.20. The number of fused-ring (bicyclic) bond motifs is 6. The van der Waals surface area contributed by atoms with Crippen LogP contribution < -0.4 is 0 Å². The number of hydrogen-bond donors (Lipinski definition) is 0. The van der Waals surface area contributed by atoms with Crippen molar-refractivity contribution in [2.75, 3.05) is 0 Å². The summed E-state index contributed by atoms with van der Waals surface area (Å²) in [7, 11) is 0. The van der Waals surface area contributed by atoms with Gasteiger partial charge in [-0.25, -0.2) is 0 Å². The van der Waals surface area contributed by atoms with Gasteiger partial charge in [-0.05, 0) is 67.8 Å². The zero-order valence-corrected chi connectivity index (χ0v) is 27.4. The topological polar surface area (TPSA) is 13.1 Å². The molecule has 0 fully saturated rings. The molecular weight excluding hydrogens is 605 g/mol. The Bertz CT molecular complexity index is 2650. The number of rotatable bonds is 5. The van der Waals surface area contributed by atoms with E-state index in [1.165, 1.54) is 44.5 Å². The van der Waals surface area contributed by atoms with E-state index < -0.39 is 5.41 Å². The Morgan fingerprint density at radius 1 is 0.300 bits per heavy atom. The molecule has 234 valence electrons. The lowest BCUT2D eigenvalue weighted by Crippen LogP contribution is -2.28. The van der Waals surface area contributed by atoms with Gasteiger partial charge in [0.15, 0.2) is 0 Å². The van der Waals surface area contributed by atoms with E-state index >= 15 is 0 Å². The van der Waals surface area contributed by atoms with E-state index in [-0.39, 0.29) is 0 Å². The van der Waals surface area contributed by atoms with Crippen molar-refractivity contribution >= 4 is 21.9 Å². The first-order valence-electron chi connectivity index (χ1n) is 17.3. The van der Waals surface area contributed by atoms with Crippen LogP contribution in [0.3, 0.4) is 0 Å². The fourth-order valence-electron chi connectivity index (χ4n) is 8.40. The highest BCUT2D eigenvalue weighted by Crippen LogP contribution is 2.56. The molecule has 9 aromatic rings. The number of para-hydroxylation sites is 2. The first-order valence-corrected chi connectivity index (χ1v) is 17.3. The molecule has 1 heteroatoms. The minimum Gasteiger partial charge on any atom is -0.455 e. The average Bonchev–Trinajstić information content (AvgIpc) is 3.73. The van der Waals surface area contributed by atoms with Gasteiger partial charge in [0.1, 0.15) is 11.2 Å². The summed E-state index contributed by atoms with van der Waals surface area (Å²) in [4.78, 5) is 0. The maximum absolute atomic E-state index is 6.96. The standard InChI is InChI=1S/C49H32O/c1-3-15-33(16-4-1)34-17-11-18-35(31-34)39-25-13-27-43-44-28-14-26-40(48(44)50-47(39)43)36-19-12-22-38(32-36)49(37-20-5-2-6-21-37)45-29-9-7-23-41(45)42-24-8-10-30-46(42)49/h1-32H. The molecule has 0 amide bonds. The summed E-state index contributed by atoms with van der Waals surface area (Å²) >= 11 is 0. The Balaban J connectivity index is 1.17. The molecule has 0 unspecified atom stereocenters. The largest absolute Gasteiger partial charge is 0.455 e. The molecule has 0 aliphatic heterocycles. The molecule has 1 aromatic heterocycles. The highest BCUT2D eigenvalue weighted by molar-refractivity contribution is 6.13. The van der Waals surface area contributed by atoms with Crippen LogP contribution in [0.1, 0.15) is 22.3 Å². The maximum atomic E-state index is 6.96. The van der Waals surface area contributed by atoms with Gasteiger partial charge in [0.25, 0.3) is 0 Å². The Morgan fingerprint density at radius 2 is 0.740 bits per heavy atom. The van der Waals surface area contributed by atoms with Crippen molar-refractivity contribution in [3.63, 3.8) is 0 Å². The molecule has 10 rings (SSSR count). The molecule has 0 atom stereocenters. The SMILES string of the molecule is c1ccc(-c2cccc(-c3cccc4c3oc3c(-c5cccc(C6(c7ccccc7)c7ccccc7-c7ccccc76)c5)cccc34)c2)cc1. The van der Waals surface area contributed by atoms with Crippen molar-refractivity contribution in [2.45, 2.75) is 5.41 Å². The smallest absolute Gasteiger partial charge is 0.143 e. The Kier molecular flexibility index (Phi) is 6.47. The molecular formula is C49H32O. The molecule has 0 N–H and O–H groups in total. The van der Waals surface area contributed by atoms with Gasteiger partial charge in [-0.3, -0.25) is 0 Å². The summed E-state index contributed by atoms with van der Waals surface area (Å²) in [6.07, 6.45) is 0. The van der Waals surface area contributed by atoms with Gasteiger partial charge in [0, 0.05) is 21.9 Å². The monoisotopic (exact) mass is 636 g/mol. The lowest BCUT2D eigenvalue weighted by atomic mass is 9.67. The van der Waals surface area contributed by atoms with E-state index in [2.05, 4.69) is 194 Å². The van der Waals surface area contributed by atoms with Gasteiger partial charge in [-0.1, -0.05) is 182 Å². The second-order valence-electron chi connectivity index (χ2n) is 13.2. The van der Waals surface area contributed by atoms with Gasteiger partial charge in [-0.15, -0.1) is 0 Å². The normalized spacial score (nSPS) is 13.0. The fourth-order valence-corrected chi connectivity index (χ4v) is 8.40. The van der Waals surface area contributed by atoms with E-state index in [0.717, 1.165) is 44.2 Å². The van der Waals surface area contributed by atoms with Gasteiger partial charge in [-0.2, -0.15) is 0 Å². The van der Waals surface area contributed by atoms with E-state index in [1.54, 1.807) is 0 Å². The van der Waals surface area contributed by atoms with E-state index in [4.69, 9.17) is 4.42 Å². The number of benzene rings is 8. The van der Waals surface area contributed by atoms with Crippen molar-refractivity contribution in [1.82, 2.24) is 0 Å². The van der Waals surface area contributed by atoms with Gasteiger partial charge in [0.05, 0.1) is 5.41 Å². The molecule has 50 heavy (non-hydrogen) atoms. The van der Waals surface area contributed by atoms with Crippen LogP contribution >= 0.6 is 0 Å². The molecule has 1 aliphatic rings. The molecule has 8 aromatic carbocycles. The summed E-state index contributed by atoms with van der Waals surface area (Å²) in [6.45, 7) is 0. The van der Waals surface area contributed by atoms with Crippen molar-refractivity contribution < 1.29 is 4.42 Å². The third-order valence-corrected chi connectivity index (χ3v) is 10.6. The summed E-state index contributed by atoms with van der Waals surface area (Å²) in [6, 6.07) is 70.3. The van der Waals surface area contributed by atoms with Gasteiger partial charge >= 0.3 is 0 Å². The van der Waals surface area contributed by atoms with Crippen molar-refractivity contribution in [1.29, 1.82) is 0 Å². The van der Waals surface area contributed by atoms with Crippen LogP contribution in [0.5, 0.6) is 0 Å². The molecule has 0 saturated carbocycles. The summed E-state index contributed by atoms with van der Waals surface area (Å²) in [5, 5.41) is 2.25. The molecule has 1 nitrogen and oxygen atoms in total. The van der Waals surface area contributed by atoms with Gasteiger partial charge < -0.3 is 4.42 Å². The molecule has 0 spiro atoms. The molecule has 1 heterocycles. The quantitative estimate of drug-likeness (QED) is 0.183. The molecule has 0 saturated heterocycles. The fraction of sp³-hybridized carbons (Fsp3) is 0.0204. The summed E-state index contributed by atoms with van der Waals surface area (Å²) in [5.41, 5.74) is 15.9. The highest BCUT2D eigenvalue weighted by Gasteiger charge is 2.45. The molecule has 1 aliphatic carbocycles. The van der Waals surface area contributed by atoms with Crippen molar-refractivity contribution in [2.24, 2.45) is 0 Å². The van der Waals surface area contributed by atoms with Crippen LogP contribution in [0.25, 0.3) is 66.4 Å². The van der Waals surface area contributed by atoms with E-state index in [0.29, 0.717) is 0 Å². The highest BCUT2D eigenvalue weighted by atomic mass is 16.3. The van der Waals surface area contributed by atoms with Crippen LogP contribution in [0, 0.1) is 0 Å². The summed E-state index contributed by atoms with van der Waals surface area (Å²) < 4.78 is 6.96. The second-order valence-corrected chi connectivity index (χ2v) is 13.2. The zero-order chi connectivity index (χ0) is 33.1. The average molecular weight is 637 g/mol. The van der Waals surface area contributed by atoms with Crippen molar-refractivity contribution in [3.8, 4) is 44.5 Å². The minimum atomic E-state index is -0.455.